The van der Waals surface area contributed by atoms with Gasteiger partial charge in [-0.3, -0.25) is 4.79 Å². The van der Waals surface area contributed by atoms with Crippen molar-refractivity contribution < 1.29 is 20.2 Å². The van der Waals surface area contributed by atoms with Gasteiger partial charge in [0.15, 0.2) is 0 Å². The number of carbonyl (C=O) groups is 1. The van der Waals surface area contributed by atoms with Gasteiger partial charge in [0.25, 0.3) is 5.91 Å². The lowest BCUT2D eigenvalue weighted by molar-refractivity contribution is -0.858. The predicted molar refractivity (Wildman–Crippen MR) is 66.5 cm³/mol. The van der Waals surface area contributed by atoms with Crippen molar-refractivity contribution in [2.24, 2.45) is 5.16 Å². The number of carbonyl (C=O) groups excluding carboxylic acids is 1. The van der Waals surface area contributed by atoms with Gasteiger partial charge in [-0.15, -0.1) is 0 Å². The molecule has 0 fully saturated rings. The van der Waals surface area contributed by atoms with Crippen molar-refractivity contribution in [2.45, 2.75) is 19.3 Å². The molecule has 0 aliphatic rings. The lowest BCUT2D eigenvalue weighted by Crippen LogP contribution is -3.05. The number of nitrogens with one attached hydrogen (secondary N) is 2. The Hall–Kier alpha value is -1.14. The molecule has 5 N–H and O–H groups in total. The van der Waals surface area contributed by atoms with Crippen molar-refractivity contribution in [1.29, 1.82) is 0 Å². The second kappa shape index (κ2) is 11.3. The lowest BCUT2D eigenvalue weighted by Gasteiger charge is -2.06. The summed E-state index contributed by atoms with van der Waals surface area (Å²) in [4.78, 5) is 12.3. The third-order valence-electron chi connectivity index (χ3n) is 2.39. The molecule has 1 amide bonds. The molecule has 0 unspecified atom stereocenters. The molecule has 0 aliphatic heterocycles. The van der Waals surface area contributed by atoms with Crippen molar-refractivity contribution in [3.63, 3.8) is 0 Å². The third-order valence-corrected chi connectivity index (χ3v) is 2.39. The number of rotatable bonds is 10. The van der Waals surface area contributed by atoms with Crippen molar-refractivity contribution in [3.05, 3.63) is 0 Å². The second-order valence-electron chi connectivity index (χ2n) is 4.42. The number of quaternary nitrogens is 2. The number of hydrogen-bond acceptors (Lipinski definition) is 3. The first kappa shape index (κ1) is 15.9. The second-order valence-corrected chi connectivity index (χ2v) is 4.42. The highest BCUT2D eigenvalue weighted by molar-refractivity contribution is 6.25. The number of hydrogen-bond donors (Lipinski definition) is 4. The van der Waals surface area contributed by atoms with E-state index in [0.717, 1.165) is 25.7 Å². The summed E-state index contributed by atoms with van der Waals surface area (Å²) in [5.41, 5.74) is 0. The van der Waals surface area contributed by atoms with E-state index in [9.17, 15) is 4.79 Å². The summed E-state index contributed by atoms with van der Waals surface area (Å²) in [7, 11) is 4.34. The van der Waals surface area contributed by atoms with Gasteiger partial charge < -0.3 is 20.7 Å². The van der Waals surface area contributed by atoms with Crippen molar-refractivity contribution in [2.75, 3.05) is 40.3 Å². The van der Waals surface area contributed by atoms with Crippen molar-refractivity contribution >= 4 is 12.1 Å². The summed E-state index contributed by atoms with van der Waals surface area (Å²) < 4.78 is 0. The van der Waals surface area contributed by atoms with E-state index < -0.39 is 0 Å². The van der Waals surface area contributed by atoms with Gasteiger partial charge >= 0.3 is 0 Å². The molecule has 0 aromatic heterocycles. The molecular formula is C11H26N4O2+2. The number of unbranched alkanes of at least 4 members (excludes halogenated alkanes) is 1. The van der Waals surface area contributed by atoms with E-state index in [-0.39, 0.29) is 5.91 Å². The molecule has 6 heteroatoms. The fourth-order valence-corrected chi connectivity index (χ4v) is 1.47. The normalized spacial score (nSPS) is 11.2. The molecule has 0 aliphatic carbocycles. The van der Waals surface area contributed by atoms with Crippen LogP contribution in [0.2, 0.25) is 0 Å². The maximum atomic E-state index is 10.8. The largest absolute Gasteiger partial charge is 0.411 e. The van der Waals surface area contributed by atoms with E-state index in [1.54, 1.807) is 0 Å². The number of nitrogens with zero attached hydrogens (tertiary/aromatic N) is 1. The molecule has 0 spiro atoms. The zero-order valence-electron chi connectivity index (χ0n) is 10.9. The molecule has 0 saturated heterocycles. The fraction of sp³-hybridized carbons (Fsp3) is 0.818. The highest BCUT2D eigenvalue weighted by atomic mass is 16.4. The van der Waals surface area contributed by atoms with Crippen LogP contribution in [-0.2, 0) is 4.79 Å². The average molecular weight is 246 g/mol. The van der Waals surface area contributed by atoms with E-state index in [4.69, 9.17) is 5.21 Å². The minimum atomic E-state index is -0.346. The Bertz CT molecular complexity index is 220. The van der Waals surface area contributed by atoms with Gasteiger partial charge in [0.2, 0.25) is 0 Å². The Morgan fingerprint density at radius 2 is 2.06 bits per heavy atom. The van der Waals surface area contributed by atoms with Gasteiger partial charge in [-0.25, -0.2) is 0 Å². The molecule has 0 atom stereocenters. The molecule has 0 rings (SSSR count). The van der Waals surface area contributed by atoms with Crippen LogP contribution in [0, 0.1) is 0 Å². The Morgan fingerprint density at radius 3 is 2.71 bits per heavy atom. The van der Waals surface area contributed by atoms with E-state index in [0.29, 0.717) is 6.54 Å². The monoisotopic (exact) mass is 246 g/mol. The molecule has 0 aromatic carbocycles. The fourth-order valence-electron chi connectivity index (χ4n) is 1.47. The smallest absolute Gasteiger partial charge is 0.265 e. The Kier molecular flexibility index (Phi) is 10.6. The Morgan fingerprint density at radius 1 is 1.35 bits per heavy atom. The molecule has 0 heterocycles. The number of nitrogens with two attached hydrogens (primary N) is 1. The summed E-state index contributed by atoms with van der Waals surface area (Å²) in [6.07, 6.45) is 4.31. The molecule has 0 saturated carbocycles. The summed E-state index contributed by atoms with van der Waals surface area (Å²) in [6.45, 7) is 4.03. The van der Waals surface area contributed by atoms with Crippen LogP contribution < -0.4 is 15.5 Å². The van der Waals surface area contributed by atoms with Crippen LogP contribution in [0.25, 0.3) is 0 Å². The molecular weight excluding hydrogens is 220 g/mol. The number of oxime groups is 1. The maximum Gasteiger partial charge on any atom is 0.265 e. The predicted octanol–water partition coefficient (Wildman–Crippen LogP) is -2.56. The van der Waals surface area contributed by atoms with Crippen LogP contribution >= 0.6 is 0 Å². The summed E-state index contributed by atoms with van der Waals surface area (Å²) in [5.74, 6) is -0.346. The minimum absolute atomic E-state index is 0.346. The van der Waals surface area contributed by atoms with E-state index in [2.05, 4.69) is 29.9 Å². The van der Waals surface area contributed by atoms with Crippen molar-refractivity contribution in [1.82, 2.24) is 5.32 Å². The maximum absolute atomic E-state index is 10.8. The number of amides is 1. The van der Waals surface area contributed by atoms with Gasteiger partial charge in [-0.1, -0.05) is 5.16 Å². The third kappa shape index (κ3) is 12.8. The Labute approximate surface area is 103 Å². The minimum Gasteiger partial charge on any atom is -0.411 e. The first-order valence-corrected chi connectivity index (χ1v) is 6.22. The first-order valence-electron chi connectivity index (χ1n) is 6.22. The van der Waals surface area contributed by atoms with Crippen LogP contribution in [0.5, 0.6) is 0 Å². The molecule has 6 nitrogen and oxygen atoms in total. The standard InChI is InChI=1S/C11H24N4O2/c1-15(2)9-4-3-6-12-7-5-8-13-11(16)10-14-17/h10,12,17H,3-9H2,1-2H3,(H,13,16)/p+2/b14-10+. The van der Waals surface area contributed by atoms with Crippen LogP contribution in [0.4, 0.5) is 0 Å². The van der Waals surface area contributed by atoms with Gasteiger partial charge in [-0.2, -0.15) is 0 Å². The molecule has 100 valence electrons. The highest BCUT2D eigenvalue weighted by Gasteiger charge is 1.97. The zero-order valence-corrected chi connectivity index (χ0v) is 10.9. The van der Waals surface area contributed by atoms with Crippen LogP contribution in [0.15, 0.2) is 5.16 Å². The highest BCUT2D eigenvalue weighted by Crippen LogP contribution is 1.78. The summed E-state index contributed by atoms with van der Waals surface area (Å²) in [5, 5.41) is 15.7. The van der Waals surface area contributed by atoms with E-state index >= 15 is 0 Å². The summed E-state index contributed by atoms with van der Waals surface area (Å²) >= 11 is 0. The van der Waals surface area contributed by atoms with Crippen LogP contribution in [-0.4, -0.2) is 57.6 Å². The first-order chi connectivity index (χ1) is 8.16. The molecule has 0 radical (unpaired) electrons. The quantitative estimate of drug-likeness (QED) is 0.148. The van der Waals surface area contributed by atoms with Gasteiger partial charge in [0.1, 0.15) is 6.21 Å². The van der Waals surface area contributed by atoms with Crippen molar-refractivity contribution in [3.8, 4) is 0 Å². The molecule has 0 bridgehead atoms. The molecule has 0 aromatic rings. The zero-order chi connectivity index (χ0) is 12.9. The Balaban J connectivity index is 3.11. The molecule has 17 heavy (non-hydrogen) atoms. The average Bonchev–Trinajstić information content (AvgIpc) is 2.27. The van der Waals surface area contributed by atoms with Gasteiger partial charge in [0, 0.05) is 25.8 Å². The SMILES string of the molecule is C[NH+](C)CCCC[NH2+]CCCNC(=O)/C=N/O. The lowest BCUT2D eigenvalue weighted by atomic mass is 10.3. The van der Waals surface area contributed by atoms with Crippen LogP contribution in [0.1, 0.15) is 19.3 Å². The van der Waals surface area contributed by atoms with E-state index in [1.807, 2.05) is 0 Å². The van der Waals surface area contributed by atoms with Crippen LogP contribution in [0.3, 0.4) is 0 Å². The van der Waals surface area contributed by atoms with Gasteiger partial charge in [0.05, 0.1) is 33.7 Å². The van der Waals surface area contributed by atoms with Gasteiger partial charge in [-0.05, 0) is 0 Å². The van der Waals surface area contributed by atoms with E-state index in [1.165, 1.54) is 24.3 Å². The topological polar surface area (TPSA) is 82.7 Å². The summed E-state index contributed by atoms with van der Waals surface area (Å²) in [6, 6.07) is 0.